The molecule has 3 fully saturated rings. The molecule has 20 heavy (non-hydrogen) atoms. The van der Waals surface area contributed by atoms with E-state index in [0.29, 0.717) is 13.0 Å². The molecule has 3 saturated heterocycles. The SMILES string of the molecule is CC(C)(C)OC(=O)N1C[C@H]2C[C@H]3[C@@](CNS3(=O)=O)(C1)O2. The van der Waals surface area contributed by atoms with Crippen molar-refractivity contribution in [1.82, 2.24) is 9.62 Å². The number of hydrogen-bond acceptors (Lipinski definition) is 5. The Hall–Kier alpha value is -0.860. The van der Waals surface area contributed by atoms with Gasteiger partial charge < -0.3 is 14.4 Å². The highest BCUT2D eigenvalue weighted by molar-refractivity contribution is 7.90. The summed E-state index contributed by atoms with van der Waals surface area (Å²) in [6.07, 6.45) is -0.192. The van der Waals surface area contributed by atoms with Gasteiger partial charge in [-0.25, -0.2) is 17.9 Å². The summed E-state index contributed by atoms with van der Waals surface area (Å²) in [5.74, 6) is 0. The maximum absolute atomic E-state index is 12.2. The molecule has 8 heteroatoms. The Labute approximate surface area is 118 Å². The predicted molar refractivity (Wildman–Crippen MR) is 70.7 cm³/mol. The molecule has 0 aromatic carbocycles. The highest BCUT2D eigenvalue weighted by atomic mass is 32.2. The van der Waals surface area contributed by atoms with Gasteiger partial charge in [-0.2, -0.15) is 0 Å². The zero-order chi connectivity index (χ0) is 14.8. The summed E-state index contributed by atoms with van der Waals surface area (Å²) in [6.45, 7) is 6.31. The van der Waals surface area contributed by atoms with Crippen LogP contribution < -0.4 is 4.72 Å². The monoisotopic (exact) mass is 304 g/mol. The van der Waals surface area contributed by atoms with Gasteiger partial charge in [-0.1, -0.05) is 0 Å². The van der Waals surface area contributed by atoms with Crippen LogP contribution in [-0.4, -0.2) is 61.6 Å². The number of amides is 1. The van der Waals surface area contributed by atoms with Gasteiger partial charge >= 0.3 is 6.09 Å². The number of morpholine rings is 1. The van der Waals surface area contributed by atoms with Gasteiger partial charge in [0.2, 0.25) is 10.0 Å². The van der Waals surface area contributed by atoms with E-state index in [9.17, 15) is 13.2 Å². The van der Waals surface area contributed by atoms with Crippen LogP contribution in [0, 0.1) is 0 Å². The zero-order valence-electron chi connectivity index (χ0n) is 11.9. The highest BCUT2D eigenvalue weighted by Gasteiger charge is 2.63. The second-order valence-electron chi connectivity index (χ2n) is 6.76. The molecule has 3 heterocycles. The fourth-order valence-electron chi connectivity index (χ4n) is 3.20. The summed E-state index contributed by atoms with van der Waals surface area (Å²) in [7, 11) is -3.33. The minimum Gasteiger partial charge on any atom is -0.444 e. The number of carbonyl (C=O) groups is 1. The number of carbonyl (C=O) groups excluding carboxylic acids is 1. The molecule has 7 nitrogen and oxygen atoms in total. The van der Waals surface area contributed by atoms with Crippen molar-refractivity contribution in [2.24, 2.45) is 0 Å². The Bertz CT molecular complexity index is 541. The van der Waals surface area contributed by atoms with Gasteiger partial charge in [0.05, 0.1) is 19.2 Å². The maximum Gasteiger partial charge on any atom is 0.410 e. The molecule has 3 aliphatic heterocycles. The number of fused-ring (bicyclic) bond motifs is 1. The molecule has 0 unspecified atom stereocenters. The van der Waals surface area contributed by atoms with E-state index in [1.165, 1.54) is 0 Å². The summed E-state index contributed by atoms with van der Waals surface area (Å²) in [6, 6.07) is 0. The topological polar surface area (TPSA) is 84.9 Å². The first kappa shape index (κ1) is 14.1. The fourth-order valence-corrected chi connectivity index (χ4v) is 5.10. The van der Waals surface area contributed by atoms with E-state index >= 15 is 0 Å². The van der Waals surface area contributed by atoms with Gasteiger partial charge in [0.15, 0.2) is 0 Å². The third kappa shape index (κ3) is 2.19. The second kappa shape index (κ2) is 4.08. The Morgan fingerprint density at radius 1 is 1.45 bits per heavy atom. The maximum atomic E-state index is 12.2. The molecule has 0 radical (unpaired) electrons. The first-order valence-corrected chi connectivity index (χ1v) is 8.30. The second-order valence-corrected chi connectivity index (χ2v) is 8.70. The molecule has 3 rings (SSSR count). The van der Waals surface area contributed by atoms with E-state index in [1.54, 1.807) is 4.90 Å². The number of nitrogens with zero attached hydrogens (tertiary/aromatic N) is 1. The molecule has 0 aromatic heterocycles. The number of sulfonamides is 1. The first-order valence-electron chi connectivity index (χ1n) is 6.76. The first-order chi connectivity index (χ1) is 9.11. The number of ether oxygens (including phenoxy) is 2. The lowest BCUT2D eigenvalue weighted by atomic mass is 10.00. The van der Waals surface area contributed by atoms with Crippen LogP contribution in [0.15, 0.2) is 0 Å². The van der Waals surface area contributed by atoms with E-state index < -0.39 is 32.6 Å². The molecule has 1 N–H and O–H groups in total. The summed E-state index contributed by atoms with van der Waals surface area (Å²) < 4.78 is 37.7. The van der Waals surface area contributed by atoms with Crippen LogP contribution in [0.5, 0.6) is 0 Å². The van der Waals surface area contributed by atoms with E-state index in [4.69, 9.17) is 9.47 Å². The van der Waals surface area contributed by atoms with Crippen molar-refractivity contribution in [2.75, 3.05) is 19.6 Å². The van der Waals surface area contributed by atoms with Gasteiger partial charge in [0.25, 0.3) is 0 Å². The van der Waals surface area contributed by atoms with E-state index in [2.05, 4.69) is 4.72 Å². The number of rotatable bonds is 0. The van der Waals surface area contributed by atoms with Crippen LogP contribution in [0.1, 0.15) is 27.2 Å². The van der Waals surface area contributed by atoms with Crippen molar-refractivity contribution in [3.8, 4) is 0 Å². The normalized spacial score (nSPS) is 38.6. The summed E-state index contributed by atoms with van der Waals surface area (Å²) in [5, 5.41) is -0.563. The van der Waals surface area contributed by atoms with Crippen molar-refractivity contribution in [3.63, 3.8) is 0 Å². The standard InChI is InChI=1S/C12H20N2O5S/c1-11(2,3)19-10(15)14-5-8-4-9-12(7-14,18-8)6-13-20(9,16)17/h8-9,13H,4-7H2,1-3H3/t8-,9+,12-/m1/s1. The molecule has 3 aliphatic rings. The van der Waals surface area contributed by atoms with Gasteiger partial charge in [0.1, 0.15) is 16.5 Å². The lowest BCUT2D eigenvalue weighted by molar-refractivity contribution is -0.101. The molecule has 0 aromatic rings. The lowest BCUT2D eigenvalue weighted by Crippen LogP contribution is -2.57. The molecular weight excluding hydrogens is 284 g/mol. The molecule has 0 aliphatic carbocycles. The van der Waals surface area contributed by atoms with Crippen LogP contribution in [0.25, 0.3) is 0 Å². The smallest absolute Gasteiger partial charge is 0.410 e. The fraction of sp³-hybridized carbons (Fsp3) is 0.917. The van der Waals surface area contributed by atoms with Crippen LogP contribution in [-0.2, 0) is 19.5 Å². The molecule has 114 valence electrons. The molecule has 0 saturated carbocycles. The summed E-state index contributed by atoms with van der Waals surface area (Å²) in [5.41, 5.74) is -1.37. The Morgan fingerprint density at radius 3 is 2.80 bits per heavy atom. The van der Waals surface area contributed by atoms with Crippen molar-refractivity contribution >= 4 is 16.1 Å². The molecule has 1 spiro atoms. The largest absolute Gasteiger partial charge is 0.444 e. The highest BCUT2D eigenvalue weighted by Crippen LogP contribution is 2.43. The third-order valence-electron chi connectivity index (χ3n) is 3.95. The number of hydrogen-bond donors (Lipinski definition) is 1. The molecule has 3 atom stereocenters. The molecule has 2 bridgehead atoms. The third-order valence-corrected chi connectivity index (χ3v) is 5.86. The lowest BCUT2D eigenvalue weighted by Gasteiger charge is -2.39. The summed E-state index contributed by atoms with van der Waals surface area (Å²) in [4.78, 5) is 13.7. The Morgan fingerprint density at radius 2 is 2.15 bits per heavy atom. The van der Waals surface area contributed by atoms with Gasteiger partial charge in [0, 0.05) is 6.54 Å². The molecular formula is C12H20N2O5S. The van der Waals surface area contributed by atoms with E-state index in [1.807, 2.05) is 20.8 Å². The van der Waals surface area contributed by atoms with Gasteiger partial charge in [-0.15, -0.1) is 0 Å². The minimum absolute atomic E-state index is 0.224. The number of likely N-dealkylation sites (tertiary alicyclic amines) is 1. The van der Waals surface area contributed by atoms with Crippen molar-refractivity contribution in [1.29, 1.82) is 0 Å². The predicted octanol–water partition coefficient (Wildman–Crippen LogP) is 0.0664. The average molecular weight is 304 g/mol. The Kier molecular flexibility index (Phi) is 2.88. The van der Waals surface area contributed by atoms with Crippen LogP contribution in [0.4, 0.5) is 4.79 Å². The Balaban J connectivity index is 1.79. The van der Waals surface area contributed by atoms with Crippen LogP contribution in [0.2, 0.25) is 0 Å². The minimum atomic E-state index is -3.33. The van der Waals surface area contributed by atoms with E-state index in [0.717, 1.165) is 0 Å². The van der Waals surface area contributed by atoms with Crippen molar-refractivity contribution in [3.05, 3.63) is 0 Å². The average Bonchev–Trinajstić information content (AvgIpc) is 2.68. The van der Waals surface area contributed by atoms with Crippen LogP contribution in [0.3, 0.4) is 0 Å². The summed E-state index contributed by atoms with van der Waals surface area (Å²) >= 11 is 0. The van der Waals surface area contributed by atoms with Gasteiger partial charge in [-0.05, 0) is 27.2 Å². The quantitative estimate of drug-likeness (QED) is 0.684. The van der Waals surface area contributed by atoms with E-state index in [-0.39, 0.29) is 19.2 Å². The van der Waals surface area contributed by atoms with Gasteiger partial charge in [-0.3, -0.25) is 0 Å². The van der Waals surface area contributed by atoms with Crippen molar-refractivity contribution in [2.45, 2.75) is 49.7 Å². The van der Waals surface area contributed by atoms with Crippen molar-refractivity contribution < 1.29 is 22.7 Å². The zero-order valence-corrected chi connectivity index (χ0v) is 12.7. The molecule has 1 amide bonds. The number of nitrogens with one attached hydrogen (secondary N) is 1. The van der Waals surface area contributed by atoms with Crippen LogP contribution >= 0.6 is 0 Å².